The summed E-state index contributed by atoms with van der Waals surface area (Å²) < 4.78 is 13.6. The fourth-order valence-corrected chi connectivity index (χ4v) is 2.53. The highest BCUT2D eigenvalue weighted by Gasteiger charge is 2.06. The Morgan fingerprint density at radius 2 is 1.73 bits per heavy atom. The Bertz CT molecular complexity index is 851. The van der Waals surface area contributed by atoms with Gasteiger partial charge in [0.1, 0.15) is 11.6 Å². The SMILES string of the molecule is O=C(NCCc1ccccc1)c1ccc(NCc2ccccc2F)nc1. The zero-order chi connectivity index (χ0) is 18.2. The quantitative estimate of drug-likeness (QED) is 0.682. The summed E-state index contributed by atoms with van der Waals surface area (Å²) in [5.74, 6) is 0.178. The molecule has 1 amide bonds. The maximum absolute atomic E-state index is 13.6. The highest BCUT2D eigenvalue weighted by molar-refractivity contribution is 5.94. The van der Waals surface area contributed by atoms with Crippen LogP contribution >= 0.6 is 0 Å². The van der Waals surface area contributed by atoms with Crippen LogP contribution in [0.2, 0.25) is 0 Å². The lowest BCUT2D eigenvalue weighted by molar-refractivity contribution is 0.0954. The standard InChI is InChI=1S/C21H20FN3O/c22-19-9-5-4-8-17(19)14-24-20-11-10-18(15-25-20)21(26)23-13-12-16-6-2-1-3-7-16/h1-11,15H,12-14H2,(H,23,26)(H,24,25). The summed E-state index contributed by atoms with van der Waals surface area (Å²) in [5.41, 5.74) is 2.24. The van der Waals surface area contributed by atoms with E-state index in [1.165, 1.54) is 17.8 Å². The molecule has 0 aliphatic heterocycles. The molecule has 0 saturated heterocycles. The Kier molecular flexibility index (Phi) is 5.93. The fourth-order valence-electron chi connectivity index (χ4n) is 2.53. The number of anilines is 1. The van der Waals surface area contributed by atoms with E-state index in [1.807, 2.05) is 30.3 Å². The van der Waals surface area contributed by atoms with E-state index in [0.717, 1.165) is 6.42 Å². The summed E-state index contributed by atoms with van der Waals surface area (Å²) in [7, 11) is 0. The monoisotopic (exact) mass is 349 g/mol. The van der Waals surface area contributed by atoms with Gasteiger partial charge in [0, 0.05) is 24.8 Å². The number of halogens is 1. The first-order chi connectivity index (χ1) is 12.7. The molecule has 3 aromatic rings. The fraction of sp³-hybridized carbons (Fsp3) is 0.143. The van der Waals surface area contributed by atoms with Crippen molar-refractivity contribution < 1.29 is 9.18 Å². The molecule has 1 aromatic heterocycles. The molecule has 2 aromatic carbocycles. The second-order valence-corrected chi connectivity index (χ2v) is 5.87. The van der Waals surface area contributed by atoms with Crippen molar-refractivity contribution in [3.63, 3.8) is 0 Å². The molecule has 26 heavy (non-hydrogen) atoms. The molecule has 4 nitrogen and oxygen atoms in total. The average molecular weight is 349 g/mol. The number of pyridine rings is 1. The number of carbonyl (C=O) groups excluding carboxylic acids is 1. The van der Waals surface area contributed by atoms with Crippen LogP contribution in [0.5, 0.6) is 0 Å². The molecule has 0 saturated carbocycles. The Hall–Kier alpha value is -3.21. The van der Waals surface area contributed by atoms with Crippen LogP contribution in [0.1, 0.15) is 21.5 Å². The minimum absolute atomic E-state index is 0.158. The molecule has 0 radical (unpaired) electrons. The molecule has 1 heterocycles. The van der Waals surface area contributed by atoms with E-state index >= 15 is 0 Å². The molecule has 0 fully saturated rings. The minimum atomic E-state index is -0.255. The van der Waals surface area contributed by atoms with Crippen LogP contribution in [-0.2, 0) is 13.0 Å². The zero-order valence-corrected chi connectivity index (χ0v) is 14.3. The van der Waals surface area contributed by atoms with Gasteiger partial charge in [-0.3, -0.25) is 4.79 Å². The van der Waals surface area contributed by atoms with Gasteiger partial charge in [0.25, 0.3) is 5.91 Å². The van der Waals surface area contributed by atoms with Gasteiger partial charge in [-0.15, -0.1) is 0 Å². The van der Waals surface area contributed by atoms with Crippen LogP contribution in [0.4, 0.5) is 10.2 Å². The molecular formula is C21H20FN3O. The number of hydrogen-bond donors (Lipinski definition) is 2. The van der Waals surface area contributed by atoms with Crippen LogP contribution in [0.3, 0.4) is 0 Å². The highest BCUT2D eigenvalue weighted by Crippen LogP contribution is 2.10. The molecule has 2 N–H and O–H groups in total. The third-order valence-corrected chi connectivity index (χ3v) is 3.99. The summed E-state index contributed by atoms with van der Waals surface area (Å²) in [4.78, 5) is 16.4. The molecule has 0 unspecified atom stereocenters. The van der Waals surface area contributed by atoms with Gasteiger partial charge in [-0.1, -0.05) is 48.5 Å². The van der Waals surface area contributed by atoms with E-state index < -0.39 is 0 Å². The lowest BCUT2D eigenvalue weighted by Gasteiger charge is -2.08. The van der Waals surface area contributed by atoms with Gasteiger partial charge in [0.05, 0.1) is 5.56 Å². The number of amides is 1. The van der Waals surface area contributed by atoms with Crippen molar-refractivity contribution >= 4 is 11.7 Å². The van der Waals surface area contributed by atoms with Gasteiger partial charge in [0.15, 0.2) is 0 Å². The summed E-state index contributed by atoms with van der Waals surface area (Å²) in [6.45, 7) is 0.901. The predicted octanol–water partition coefficient (Wildman–Crippen LogP) is 3.81. The van der Waals surface area contributed by atoms with E-state index in [1.54, 1.807) is 30.3 Å². The van der Waals surface area contributed by atoms with E-state index in [2.05, 4.69) is 15.6 Å². The van der Waals surface area contributed by atoms with Crippen LogP contribution in [-0.4, -0.2) is 17.4 Å². The molecule has 0 spiro atoms. The number of nitrogens with zero attached hydrogens (tertiary/aromatic N) is 1. The number of nitrogens with one attached hydrogen (secondary N) is 2. The first-order valence-electron chi connectivity index (χ1n) is 8.48. The molecule has 0 aliphatic carbocycles. The molecule has 0 aliphatic rings. The predicted molar refractivity (Wildman–Crippen MR) is 100 cm³/mol. The van der Waals surface area contributed by atoms with Gasteiger partial charge >= 0.3 is 0 Å². The smallest absolute Gasteiger partial charge is 0.252 e. The maximum atomic E-state index is 13.6. The first kappa shape index (κ1) is 17.6. The van der Waals surface area contributed by atoms with Crippen molar-refractivity contribution in [3.8, 4) is 0 Å². The lowest BCUT2D eigenvalue weighted by Crippen LogP contribution is -2.25. The molecule has 5 heteroatoms. The number of benzene rings is 2. The van der Waals surface area contributed by atoms with E-state index in [9.17, 15) is 9.18 Å². The Morgan fingerprint density at radius 3 is 2.46 bits per heavy atom. The number of rotatable bonds is 7. The Labute approximate surface area is 152 Å². The summed E-state index contributed by atoms with van der Waals surface area (Å²) in [6, 6.07) is 20.0. The van der Waals surface area contributed by atoms with Crippen molar-refractivity contribution in [3.05, 3.63) is 95.4 Å². The number of hydrogen-bond acceptors (Lipinski definition) is 3. The van der Waals surface area contributed by atoms with Crippen LogP contribution in [0.25, 0.3) is 0 Å². The van der Waals surface area contributed by atoms with E-state index in [4.69, 9.17) is 0 Å². The molecule has 0 atom stereocenters. The van der Waals surface area contributed by atoms with Crippen LogP contribution in [0.15, 0.2) is 72.9 Å². The molecular weight excluding hydrogens is 329 g/mol. The van der Waals surface area contributed by atoms with Crippen LogP contribution < -0.4 is 10.6 Å². The van der Waals surface area contributed by atoms with Gasteiger partial charge in [-0.2, -0.15) is 0 Å². The van der Waals surface area contributed by atoms with E-state index in [-0.39, 0.29) is 11.7 Å². The van der Waals surface area contributed by atoms with Crippen LogP contribution in [0, 0.1) is 5.82 Å². The third kappa shape index (κ3) is 4.89. The summed E-state index contributed by atoms with van der Waals surface area (Å²) in [5, 5.41) is 5.93. The highest BCUT2D eigenvalue weighted by atomic mass is 19.1. The van der Waals surface area contributed by atoms with Gasteiger partial charge in [0.2, 0.25) is 0 Å². The maximum Gasteiger partial charge on any atom is 0.252 e. The van der Waals surface area contributed by atoms with Gasteiger partial charge in [-0.25, -0.2) is 9.37 Å². The van der Waals surface area contributed by atoms with Crippen molar-refractivity contribution in [2.45, 2.75) is 13.0 Å². The van der Waals surface area contributed by atoms with Crippen molar-refractivity contribution in [1.29, 1.82) is 0 Å². The van der Waals surface area contributed by atoms with Gasteiger partial charge < -0.3 is 10.6 Å². The summed E-state index contributed by atoms with van der Waals surface area (Å²) >= 11 is 0. The number of aromatic nitrogens is 1. The normalized spacial score (nSPS) is 10.3. The lowest BCUT2D eigenvalue weighted by atomic mass is 10.1. The summed E-state index contributed by atoms with van der Waals surface area (Å²) in [6.07, 6.45) is 2.30. The Morgan fingerprint density at radius 1 is 0.962 bits per heavy atom. The van der Waals surface area contributed by atoms with Crippen molar-refractivity contribution in [2.24, 2.45) is 0 Å². The topological polar surface area (TPSA) is 54.0 Å². The number of carbonyl (C=O) groups is 1. The molecule has 0 bridgehead atoms. The van der Waals surface area contributed by atoms with Crippen molar-refractivity contribution in [2.75, 3.05) is 11.9 Å². The molecule has 132 valence electrons. The second-order valence-electron chi connectivity index (χ2n) is 5.87. The average Bonchev–Trinajstić information content (AvgIpc) is 2.68. The largest absolute Gasteiger partial charge is 0.366 e. The Balaban J connectivity index is 1.49. The zero-order valence-electron chi connectivity index (χ0n) is 14.3. The van der Waals surface area contributed by atoms with Gasteiger partial charge in [-0.05, 0) is 30.2 Å². The first-order valence-corrected chi connectivity index (χ1v) is 8.48. The van der Waals surface area contributed by atoms with Crippen molar-refractivity contribution in [1.82, 2.24) is 10.3 Å². The van der Waals surface area contributed by atoms with E-state index in [0.29, 0.717) is 30.0 Å². The third-order valence-electron chi connectivity index (χ3n) is 3.99. The minimum Gasteiger partial charge on any atom is -0.366 e. The second kappa shape index (κ2) is 8.76. The molecule has 3 rings (SSSR count).